The third kappa shape index (κ3) is 8.67. The molecule has 3 N–H and O–H groups in total. The number of rotatable bonds is 8. The van der Waals surface area contributed by atoms with Gasteiger partial charge in [0.2, 0.25) is 0 Å². The number of fused-ring (bicyclic) bond motifs is 10. The van der Waals surface area contributed by atoms with E-state index in [1.807, 2.05) is 32.9 Å². The van der Waals surface area contributed by atoms with E-state index < -0.39 is 11.6 Å². The van der Waals surface area contributed by atoms with Gasteiger partial charge in [0.05, 0.1) is 24.0 Å². The van der Waals surface area contributed by atoms with E-state index in [1.54, 1.807) is 24.2 Å². The van der Waals surface area contributed by atoms with Gasteiger partial charge in [-0.1, -0.05) is 74.0 Å². The number of esters is 2. The number of hydrogen-bond acceptors (Lipinski definition) is 10. The zero-order chi connectivity index (χ0) is 49.4. The maximum Gasteiger partial charge on any atom is 0.335 e. The van der Waals surface area contributed by atoms with Crippen LogP contribution in [-0.2, 0) is 19.1 Å². The Morgan fingerprint density at radius 1 is 0.638 bits per heavy atom. The Balaban J connectivity index is 0.000000172. The molecule has 0 aliphatic heterocycles. The number of nitrogens with two attached hydrogens (primary N) is 1. The zero-order valence-electron chi connectivity index (χ0n) is 43.4. The number of aliphatic hydroxyl groups is 1. The summed E-state index contributed by atoms with van der Waals surface area (Å²) in [6, 6.07) is 6.42. The van der Waals surface area contributed by atoms with Crippen LogP contribution >= 0.6 is 0 Å². The quantitative estimate of drug-likeness (QED) is 0.193. The first-order chi connectivity index (χ1) is 32.6. The minimum Gasteiger partial charge on any atom is -0.462 e. The summed E-state index contributed by atoms with van der Waals surface area (Å²) in [6.45, 7) is 19.8. The van der Waals surface area contributed by atoms with Crippen LogP contribution in [0.5, 0.6) is 0 Å². The van der Waals surface area contributed by atoms with Crippen molar-refractivity contribution in [3.63, 3.8) is 0 Å². The van der Waals surface area contributed by atoms with E-state index in [1.165, 1.54) is 31.7 Å². The third-order valence-corrected chi connectivity index (χ3v) is 22.0. The van der Waals surface area contributed by atoms with Crippen molar-refractivity contribution in [3.05, 3.63) is 80.4 Å². The summed E-state index contributed by atoms with van der Waals surface area (Å²) in [5, 5.41) is 12.4. The molecule has 8 aliphatic carbocycles. The summed E-state index contributed by atoms with van der Waals surface area (Å²) in [7, 11) is 0. The molecule has 69 heavy (non-hydrogen) atoms. The lowest BCUT2D eigenvalue weighted by atomic mass is 9.43. The summed E-state index contributed by atoms with van der Waals surface area (Å²) >= 11 is 0. The zero-order valence-corrected chi connectivity index (χ0v) is 43.4. The Kier molecular flexibility index (Phi) is 13.8. The van der Waals surface area contributed by atoms with E-state index in [-0.39, 0.29) is 69.4 Å². The largest absolute Gasteiger partial charge is 0.462 e. The van der Waals surface area contributed by atoms with E-state index in [4.69, 9.17) is 24.0 Å². The second-order valence-corrected chi connectivity index (χ2v) is 25.6. The van der Waals surface area contributed by atoms with Crippen molar-refractivity contribution < 1.29 is 33.0 Å². The van der Waals surface area contributed by atoms with Crippen molar-refractivity contribution in [3.8, 4) is 0 Å². The minimum atomic E-state index is -0.680. The predicted octanol–water partition coefficient (Wildman–Crippen LogP) is 11.7. The molecule has 7 saturated carbocycles. The number of hydrogen-bond donors (Lipinski definition) is 2. The van der Waals surface area contributed by atoms with Crippen LogP contribution in [0.15, 0.2) is 66.9 Å². The van der Waals surface area contributed by atoms with Crippen LogP contribution in [0.1, 0.15) is 194 Å². The van der Waals surface area contributed by atoms with Gasteiger partial charge in [-0.3, -0.25) is 9.59 Å². The first-order valence-corrected chi connectivity index (χ1v) is 27.4. The SMILES string of the molecule is CC(C)[C@@H](C)C(=O)O[C@H]1CC[C@@]2(C)[C@H](CC[C@@H]3[C@@H]2CC[C@]2(C)[C@@H](c4ccc(=O)oc4)CC[C@]32O)C1.CC(C)[C@@H](N)C(=O)O[C@H]1CC[C@@]2(C)[C@H](CC[C@H]3C4=CC[C@H](c5ccc(=O)oc5)[C@@]4(C)CC[C@@H]32)C1. The molecule has 0 aromatic carbocycles. The molecule has 0 unspecified atom stereocenters. The third-order valence-electron chi connectivity index (χ3n) is 22.0. The number of carbonyl (C=O) groups excluding carboxylic acids is 2. The maximum absolute atomic E-state index is 12.6. The first kappa shape index (κ1) is 50.4. The maximum atomic E-state index is 12.6. The average Bonchev–Trinajstić information content (AvgIpc) is 3.82. The van der Waals surface area contributed by atoms with Crippen molar-refractivity contribution in [1.82, 2.24) is 0 Å². The number of allylic oxidation sites excluding steroid dienone is 2. The molecule has 2 aromatic rings. The topological polar surface area (TPSA) is 159 Å². The highest BCUT2D eigenvalue weighted by Crippen LogP contribution is 2.71. The van der Waals surface area contributed by atoms with Gasteiger partial charge in [-0.05, 0) is 208 Å². The van der Waals surface area contributed by atoms with E-state index in [2.05, 4.69) is 47.6 Å². The Hall–Kier alpha value is -3.50. The summed E-state index contributed by atoms with van der Waals surface area (Å²) in [5.74, 6) is 4.03. The van der Waals surface area contributed by atoms with Crippen LogP contribution < -0.4 is 17.0 Å². The summed E-state index contributed by atoms with van der Waals surface area (Å²) in [5.41, 5.74) is 9.12. The van der Waals surface area contributed by atoms with Gasteiger partial charge in [-0.2, -0.15) is 0 Å². The molecule has 10 rings (SSSR count). The van der Waals surface area contributed by atoms with Gasteiger partial charge >= 0.3 is 23.2 Å². The molecule has 10 nitrogen and oxygen atoms in total. The van der Waals surface area contributed by atoms with Gasteiger partial charge in [-0.15, -0.1) is 0 Å². The molecule has 2 aromatic heterocycles. The lowest BCUT2D eigenvalue weighted by molar-refractivity contribution is -0.208. The molecule has 0 amide bonds. The lowest BCUT2D eigenvalue weighted by Crippen LogP contribution is -2.62. The monoisotopic (exact) mass is 952 g/mol. The van der Waals surface area contributed by atoms with Gasteiger partial charge < -0.3 is 29.1 Å². The second kappa shape index (κ2) is 18.8. The van der Waals surface area contributed by atoms with Crippen molar-refractivity contribution in [1.29, 1.82) is 0 Å². The van der Waals surface area contributed by atoms with Crippen molar-refractivity contribution in [2.45, 2.75) is 207 Å². The predicted molar refractivity (Wildman–Crippen MR) is 267 cm³/mol. The second-order valence-electron chi connectivity index (χ2n) is 25.6. The van der Waals surface area contributed by atoms with Crippen LogP contribution in [0.3, 0.4) is 0 Å². The fourth-order valence-corrected chi connectivity index (χ4v) is 17.2. The van der Waals surface area contributed by atoms with Crippen molar-refractivity contribution in [2.75, 3.05) is 0 Å². The van der Waals surface area contributed by atoms with Crippen molar-refractivity contribution >= 4 is 11.9 Å². The summed E-state index contributed by atoms with van der Waals surface area (Å²) < 4.78 is 22.3. The van der Waals surface area contributed by atoms with E-state index in [9.17, 15) is 24.3 Å². The van der Waals surface area contributed by atoms with E-state index in [0.717, 1.165) is 94.6 Å². The summed E-state index contributed by atoms with van der Waals surface area (Å²) in [4.78, 5) is 48.1. The molecule has 7 fully saturated rings. The fraction of sp³-hybridized carbons (Fsp3) is 0.763. The Morgan fingerprint density at radius 3 is 1.78 bits per heavy atom. The van der Waals surface area contributed by atoms with Gasteiger partial charge in [0.15, 0.2) is 0 Å². The normalized spacial score (nSPS) is 41.9. The molecule has 17 atom stereocenters. The Labute approximate surface area is 411 Å². The highest BCUT2D eigenvalue weighted by atomic mass is 16.5. The molecular formula is C59H85NO9. The molecule has 0 radical (unpaired) electrons. The molecule has 10 heteroatoms. The van der Waals surface area contributed by atoms with E-state index >= 15 is 0 Å². The summed E-state index contributed by atoms with van der Waals surface area (Å²) in [6.07, 6.45) is 23.9. The van der Waals surface area contributed by atoms with Gasteiger partial charge in [0, 0.05) is 17.5 Å². The highest BCUT2D eigenvalue weighted by molar-refractivity contribution is 5.76. The minimum absolute atomic E-state index is 0.0172. The Morgan fingerprint density at radius 2 is 1.20 bits per heavy atom. The van der Waals surface area contributed by atoms with Crippen LogP contribution in [-0.4, -0.2) is 40.9 Å². The lowest BCUT2D eigenvalue weighted by Gasteiger charge is -2.63. The van der Waals surface area contributed by atoms with Crippen LogP contribution in [0, 0.1) is 74.9 Å². The highest BCUT2D eigenvalue weighted by Gasteiger charge is 2.67. The molecule has 2 heterocycles. The molecule has 380 valence electrons. The molecule has 0 bridgehead atoms. The average molecular weight is 952 g/mol. The van der Waals surface area contributed by atoms with Gasteiger partial charge in [-0.25, -0.2) is 9.59 Å². The Bertz CT molecular complexity index is 2330. The molecule has 0 spiro atoms. The van der Waals surface area contributed by atoms with E-state index in [0.29, 0.717) is 52.8 Å². The molecule has 8 aliphatic rings. The fourth-order valence-electron chi connectivity index (χ4n) is 17.2. The first-order valence-electron chi connectivity index (χ1n) is 27.4. The standard InChI is InChI=1S/C30H44O5.C29H41NO4/c1-18(2)19(3)27(32)35-22-10-13-28(4)21(16-22)7-8-25-24(28)11-14-29(5)23(12-15-30(25,29)33)20-6-9-26(31)34-17-20;1-17(2)26(30)27(32)34-20-11-13-28(3)19(15-20)6-7-21-23-9-8-22(18-5-10-25(31)33-16-18)29(23,4)14-12-24(21)28/h6,9,17-19,21-25,33H,7-8,10-16H2,1-5H3;5,9-10,16-17,19-22,24,26H,6-8,11-15,30H2,1-4H3/t19-,21-,22+,23-,24+,25-,28+,29-,30+;19-,20+,21+,22-,24+,26-,28+,29-/m11/s1. The van der Waals surface area contributed by atoms with Crippen molar-refractivity contribution in [2.24, 2.45) is 80.7 Å². The smallest absolute Gasteiger partial charge is 0.335 e. The van der Waals surface area contributed by atoms with Gasteiger partial charge in [0.25, 0.3) is 0 Å². The van der Waals surface area contributed by atoms with Crippen LogP contribution in [0.2, 0.25) is 0 Å². The van der Waals surface area contributed by atoms with Crippen LogP contribution in [0.4, 0.5) is 0 Å². The molecular weight excluding hydrogens is 867 g/mol. The molecule has 0 saturated heterocycles. The number of ether oxygens (including phenoxy) is 2. The number of carbonyl (C=O) groups is 2. The van der Waals surface area contributed by atoms with Crippen LogP contribution in [0.25, 0.3) is 0 Å². The van der Waals surface area contributed by atoms with Gasteiger partial charge in [0.1, 0.15) is 18.2 Å².